The Morgan fingerprint density at radius 2 is 2.35 bits per heavy atom. The second kappa shape index (κ2) is 6.85. The van der Waals surface area contributed by atoms with Gasteiger partial charge < -0.3 is 10.1 Å². The van der Waals surface area contributed by atoms with Crippen molar-refractivity contribution in [1.29, 1.82) is 0 Å². The number of aromatic amines is 2. The Hall–Kier alpha value is -1.63. The van der Waals surface area contributed by atoms with E-state index < -0.39 is 11.6 Å². The second-order valence-corrected chi connectivity index (χ2v) is 3.79. The highest BCUT2D eigenvalue weighted by atomic mass is 16.5. The Kier molecular flexibility index (Phi) is 5.41. The van der Waals surface area contributed by atoms with E-state index in [1.165, 1.54) is 0 Å². The molecule has 0 fully saturated rings. The molecule has 7 heteroatoms. The van der Waals surface area contributed by atoms with E-state index in [0.717, 1.165) is 19.3 Å². The molecule has 7 nitrogen and oxygen atoms in total. The maximum absolute atomic E-state index is 11.7. The highest BCUT2D eigenvalue weighted by Gasteiger charge is 2.15. The topological polar surface area (TPSA) is 99.9 Å². The lowest BCUT2D eigenvalue weighted by Crippen LogP contribution is -2.38. The largest absolute Gasteiger partial charge is 0.383 e. The minimum atomic E-state index is -0.494. The van der Waals surface area contributed by atoms with Crippen LogP contribution >= 0.6 is 0 Å². The number of nitrogens with zero attached hydrogens (tertiary/aromatic N) is 1. The summed E-state index contributed by atoms with van der Waals surface area (Å²) < 4.78 is 5.03. The van der Waals surface area contributed by atoms with Gasteiger partial charge in [-0.05, 0) is 6.42 Å². The molecular formula is C10H18N4O3. The molecule has 96 valence electrons. The van der Waals surface area contributed by atoms with Gasteiger partial charge in [0.05, 0.1) is 12.6 Å². The summed E-state index contributed by atoms with van der Waals surface area (Å²) in [6.45, 7) is 2.53. The van der Waals surface area contributed by atoms with Crippen LogP contribution in [0, 0.1) is 0 Å². The molecule has 1 amide bonds. The highest BCUT2D eigenvalue weighted by molar-refractivity contribution is 5.90. The number of amides is 1. The van der Waals surface area contributed by atoms with Gasteiger partial charge >= 0.3 is 5.69 Å². The van der Waals surface area contributed by atoms with Gasteiger partial charge in [-0.1, -0.05) is 19.8 Å². The first-order chi connectivity index (χ1) is 8.17. The molecule has 0 radical (unpaired) electrons. The smallest absolute Gasteiger partial charge is 0.341 e. The maximum atomic E-state index is 11.7. The number of hydrogen-bond donors (Lipinski definition) is 3. The molecule has 0 aliphatic heterocycles. The summed E-state index contributed by atoms with van der Waals surface area (Å²) in [5, 5.41) is 8.47. The molecule has 1 aromatic rings. The molecule has 0 aliphatic carbocycles. The molecule has 0 aliphatic rings. The lowest BCUT2D eigenvalue weighted by Gasteiger charge is -2.16. The first-order valence-electron chi connectivity index (χ1n) is 5.61. The van der Waals surface area contributed by atoms with Crippen molar-refractivity contribution in [2.24, 2.45) is 0 Å². The van der Waals surface area contributed by atoms with Crippen LogP contribution in [0.4, 0.5) is 0 Å². The van der Waals surface area contributed by atoms with Crippen LogP contribution in [-0.4, -0.2) is 40.8 Å². The Morgan fingerprint density at radius 3 is 2.88 bits per heavy atom. The molecule has 0 unspecified atom stereocenters. The van der Waals surface area contributed by atoms with E-state index in [4.69, 9.17) is 4.74 Å². The van der Waals surface area contributed by atoms with Gasteiger partial charge in [0.15, 0.2) is 0 Å². The Labute approximate surface area is 99.0 Å². The fraction of sp³-hybridized carbons (Fsp3) is 0.700. The van der Waals surface area contributed by atoms with Crippen molar-refractivity contribution in [1.82, 2.24) is 20.5 Å². The number of nitrogens with one attached hydrogen (secondary N) is 3. The third kappa shape index (κ3) is 4.39. The lowest BCUT2D eigenvalue weighted by atomic mass is 10.1. The molecule has 0 saturated heterocycles. The molecule has 1 rings (SSSR count). The summed E-state index contributed by atoms with van der Waals surface area (Å²) in [5.74, 6) is -0.408. The van der Waals surface area contributed by atoms with Gasteiger partial charge in [0.1, 0.15) is 0 Å². The number of ether oxygens (including phenoxy) is 1. The second-order valence-electron chi connectivity index (χ2n) is 3.79. The number of aromatic nitrogens is 3. The number of hydrogen-bond acceptors (Lipinski definition) is 4. The van der Waals surface area contributed by atoms with Crippen LogP contribution < -0.4 is 11.0 Å². The van der Waals surface area contributed by atoms with Crippen molar-refractivity contribution < 1.29 is 9.53 Å². The zero-order valence-corrected chi connectivity index (χ0v) is 10.1. The standard InChI is InChI=1S/C10H18N4O3/c1-3-4-5-7(6-17-2)11-9(15)8-12-10(16)14-13-8/h7H,3-6H2,1-2H3,(H,11,15)(H2,12,13,14,16)/t7-/m0/s1. The molecule has 0 saturated carbocycles. The minimum absolute atomic E-state index is 0.00685. The average molecular weight is 242 g/mol. The summed E-state index contributed by atoms with van der Waals surface area (Å²) in [5.41, 5.74) is -0.494. The Balaban J connectivity index is 2.53. The fourth-order valence-electron chi connectivity index (χ4n) is 1.48. The number of unbranched alkanes of at least 4 members (excludes halogenated alkanes) is 1. The van der Waals surface area contributed by atoms with E-state index in [1.54, 1.807) is 7.11 Å². The number of carbonyl (C=O) groups is 1. The highest BCUT2D eigenvalue weighted by Crippen LogP contribution is 2.01. The van der Waals surface area contributed by atoms with Gasteiger partial charge in [0.2, 0.25) is 5.82 Å². The van der Waals surface area contributed by atoms with Crippen LogP contribution in [0.25, 0.3) is 0 Å². The summed E-state index contributed by atoms with van der Waals surface area (Å²) in [6, 6.07) is -0.0624. The van der Waals surface area contributed by atoms with E-state index >= 15 is 0 Å². The van der Waals surface area contributed by atoms with Crippen LogP contribution in [0.2, 0.25) is 0 Å². The zero-order valence-electron chi connectivity index (χ0n) is 10.1. The van der Waals surface area contributed by atoms with Crippen LogP contribution in [-0.2, 0) is 4.74 Å². The van der Waals surface area contributed by atoms with Crippen LogP contribution in [0.3, 0.4) is 0 Å². The normalized spacial score (nSPS) is 12.4. The van der Waals surface area contributed by atoms with E-state index in [9.17, 15) is 9.59 Å². The third-order valence-electron chi connectivity index (χ3n) is 2.33. The minimum Gasteiger partial charge on any atom is -0.383 e. The molecule has 3 N–H and O–H groups in total. The van der Waals surface area contributed by atoms with Gasteiger partial charge in [-0.15, -0.1) is 5.10 Å². The summed E-state index contributed by atoms with van der Waals surface area (Å²) in [6.07, 6.45) is 2.89. The van der Waals surface area contributed by atoms with E-state index in [-0.39, 0.29) is 11.9 Å². The summed E-state index contributed by atoms with van der Waals surface area (Å²) >= 11 is 0. The van der Waals surface area contributed by atoms with E-state index in [0.29, 0.717) is 6.61 Å². The average Bonchev–Trinajstić information content (AvgIpc) is 2.73. The van der Waals surface area contributed by atoms with E-state index in [2.05, 4.69) is 27.4 Å². The quantitative estimate of drug-likeness (QED) is 0.628. The van der Waals surface area contributed by atoms with Crippen LogP contribution in [0.1, 0.15) is 36.8 Å². The van der Waals surface area contributed by atoms with Gasteiger partial charge in [-0.2, -0.15) is 0 Å². The van der Waals surface area contributed by atoms with Crippen molar-refractivity contribution in [3.8, 4) is 0 Å². The van der Waals surface area contributed by atoms with Gasteiger partial charge in [-0.25, -0.2) is 9.89 Å². The molecular weight excluding hydrogens is 224 g/mol. The molecule has 0 spiro atoms. The number of H-pyrrole nitrogens is 2. The zero-order chi connectivity index (χ0) is 12.7. The number of rotatable bonds is 7. The van der Waals surface area contributed by atoms with Gasteiger partial charge in [-0.3, -0.25) is 9.78 Å². The predicted octanol–water partition coefficient (Wildman–Crippen LogP) is 0.0330. The van der Waals surface area contributed by atoms with Gasteiger partial charge in [0, 0.05) is 7.11 Å². The van der Waals surface area contributed by atoms with Crippen LogP contribution in [0.5, 0.6) is 0 Å². The first kappa shape index (κ1) is 13.4. The Bertz CT molecular complexity index is 398. The Morgan fingerprint density at radius 1 is 1.59 bits per heavy atom. The summed E-state index contributed by atoms with van der Waals surface area (Å²) in [7, 11) is 1.58. The molecule has 17 heavy (non-hydrogen) atoms. The third-order valence-corrected chi connectivity index (χ3v) is 2.33. The summed E-state index contributed by atoms with van der Waals surface area (Å²) in [4.78, 5) is 24.8. The van der Waals surface area contributed by atoms with Crippen molar-refractivity contribution in [2.45, 2.75) is 32.2 Å². The van der Waals surface area contributed by atoms with Crippen molar-refractivity contribution in [3.63, 3.8) is 0 Å². The first-order valence-corrected chi connectivity index (χ1v) is 5.61. The maximum Gasteiger partial charge on any atom is 0.341 e. The predicted molar refractivity (Wildman–Crippen MR) is 61.9 cm³/mol. The molecule has 0 aromatic carbocycles. The molecule has 0 bridgehead atoms. The van der Waals surface area contributed by atoms with Crippen LogP contribution in [0.15, 0.2) is 4.79 Å². The van der Waals surface area contributed by atoms with Crippen molar-refractivity contribution in [3.05, 3.63) is 16.3 Å². The van der Waals surface area contributed by atoms with Crippen molar-refractivity contribution >= 4 is 5.91 Å². The van der Waals surface area contributed by atoms with E-state index in [1.807, 2.05) is 0 Å². The van der Waals surface area contributed by atoms with Crippen molar-refractivity contribution in [2.75, 3.05) is 13.7 Å². The number of carbonyl (C=O) groups excluding carboxylic acids is 1. The molecule has 1 heterocycles. The SMILES string of the molecule is CCCC[C@@H](COC)NC(=O)c1n[nH]c(=O)[nH]1. The molecule has 1 atom stereocenters. The fourth-order valence-corrected chi connectivity index (χ4v) is 1.48. The number of methoxy groups -OCH3 is 1. The van der Waals surface area contributed by atoms with Gasteiger partial charge in [0.25, 0.3) is 5.91 Å². The lowest BCUT2D eigenvalue weighted by molar-refractivity contribution is 0.0880. The monoisotopic (exact) mass is 242 g/mol. The molecule has 1 aromatic heterocycles.